The monoisotopic (exact) mass is 445 g/mol. The summed E-state index contributed by atoms with van der Waals surface area (Å²) in [7, 11) is -4.07. The second kappa shape index (κ2) is 9.40. The number of sulfonamides is 1. The van der Waals surface area contributed by atoms with Gasteiger partial charge in [-0.3, -0.25) is 9.59 Å². The molecule has 0 N–H and O–H groups in total. The predicted molar refractivity (Wildman–Crippen MR) is 118 cm³/mol. The summed E-state index contributed by atoms with van der Waals surface area (Å²) in [5.74, 6) is -0.531. The zero-order valence-corrected chi connectivity index (χ0v) is 18.5. The summed E-state index contributed by atoms with van der Waals surface area (Å²) in [5, 5.41) is 2.74. The van der Waals surface area contributed by atoms with E-state index in [0.717, 1.165) is 15.6 Å². The molecule has 6 nitrogen and oxygen atoms in total. The second-order valence-electron chi connectivity index (χ2n) is 6.70. The van der Waals surface area contributed by atoms with Gasteiger partial charge in [0.1, 0.15) is 9.96 Å². The molecule has 0 bridgehead atoms. The lowest BCUT2D eigenvalue weighted by Gasteiger charge is -2.24. The quantitative estimate of drug-likeness (QED) is 0.355. The average Bonchev–Trinajstić information content (AvgIpc) is 3.26. The van der Waals surface area contributed by atoms with Gasteiger partial charge in [-0.15, -0.1) is 11.3 Å². The maximum absolute atomic E-state index is 13.3. The maximum Gasteiger partial charge on any atom is 0.311 e. The Labute approximate surface area is 180 Å². The number of rotatable bonds is 8. The molecule has 0 radical (unpaired) electrons. The molecule has 1 aromatic heterocycles. The molecule has 0 atom stereocenters. The molecule has 0 saturated heterocycles. The molecule has 8 heteroatoms. The topological polar surface area (TPSA) is 80.8 Å². The van der Waals surface area contributed by atoms with Crippen molar-refractivity contribution in [3.63, 3.8) is 0 Å². The van der Waals surface area contributed by atoms with Gasteiger partial charge in [0.25, 0.3) is 10.0 Å². The Morgan fingerprint density at radius 3 is 2.27 bits per heavy atom. The number of anilines is 1. The molecular weight excluding hydrogens is 422 g/mol. The number of nitrogens with zero attached hydrogens (tertiary/aromatic N) is 1. The highest BCUT2D eigenvalue weighted by Crippen LogP contribution is 2.37. The molecule has 30 heavy (non-hydrogen) atoms. The number of amides is 1. The zero-order chi connectivity index (χ0) is 21.7. The molecular formula is C22H23NO5S2. The van der Waals surface area contributed by atoms with Crippen molar-refractivity contribution in [2.24, 2.45) is 0 Å². The molecule has 0 saturated carbocycles. The van der Waals surface area contributed by atoms with Gasteiger partial charge in [-0.2, -0.15) is 8.42 Å². The lowest BCUT2D eigenvalue weighted by Crippen LogP contribution is -2.36. The number of thiophene rings is 1. The molecule has 1 amide bonds. The van der Waals surface area contributed by atoms with Gasteiger partial charge in [-0.1, -0.05) is 44.2 Å². The van der Waals surface area contributed by atoms with E-state index in [4.69, 9.17) is 4.74 Å². The van der Waals surface area contributed by atoms with Crippen LogP contribution in [0.2, 0.25) is 0 Å². The molecule has 1 heterocycles. The number of carbonyl (C=O) groups excluding carboxylic acids is 2. The van der Waals surface area contributed by atoms with Gasteiger partial charge in [0.05, 0.1) is 5.69 Å². The number of fused-ring (bicyclic) bond motifs is 1. The van der Waals surface area contributed by atoms with Crippen LogP contribution in [-0.2, 0) is 19.6 Å². The van der Waals surface area contributed by atoms with E-state index in [1.54, 1.807) is 41.8 Å². The minimum absolute atomic E-state index is 0.0895. The summed E-state index contributed by atoms with van der Waals surface area (Å²) < 4.78 is 33.1. The van der Waals surface area contributed by atoms with Gasteiger partial charge in [0.2, 0.25) is 5.91 Å². The van der Waals surface area contributed by atoms with Crippen molar-refractivity contribution in [2.45, 2.75) is 43.7 Å². The molecule has 158 valence electrons. The lowest BCUT2D eigenvalue weighted by atomic mass is 10.1. The molecule has 2 aromatic carbocycles. The van der Waals surface area contributed by atoms with E-state index in [1.807, 2.05) is 13.8 Å². The van der Waals surface area contributed by atoms with Crippen molar-refractivity contribution >= 4 is 49.7 Å². The summed E-state index contributed by atoms with van der Waals surface area (Å²) in [6.45, 7) is 3.71. The van der Waals surface area contributed by atoms with E-state index in [1.165, 1.54) is 12.1 Å². The molecule has 3 aromatic rings. The van der Waals surface area contributed by atoms with E-state index >= 15 is 0 Å². The Morgan fingerprint density at radius 1 is 0.933 bits per heavy atom. The third kappa shape index (κ3) is 4.39. The van der Waals surface area contributed by atoms with Crippen LogP contribution in [0.5, 0.6) is 5.75 Å². The van der Waals surface area contributed by atoms with Crippen LogP contribution in [0.4, 0.5) is 5.69 Å². The van der Waals surface area contributed by atoms with E-state index < -0.39 is 15.9 Å². The summed E-state index contributed by atoms with van der Waals surface area (Å²) in [4.78, 5) is 24.9. The van der Waals surface area contributed by atoms with Crippen molar-refractivity contribution in [3.8, 4) is 5.75 Å². The highest BCUT2D eigenvalue weighted by Gasteiger charge is 2.32. The van der Waals surface area contributed by atoms with Crippen LogP contribution in [0.3, 0.4) is 0 Å². The van der Waals surface area contributed by atoms with Gasteiger partial charge in [-0.25, -0.2) is 4.31 Å². The normalized spacial score (nSPS) is 11.4. The first-order chi connectivity index (χ1) is 14.4. The Hall–Kier alpha value is -2.71. The Balaban J connectivity index is 2.18. The van der Waals surface area contributed by atoms with Crippen LogP contribution in [0.25, 0.3) is 10.8 Å². The SMILES string of the molecule is CCCC(=O)Oc1ccc(N(C(=O)CCC)S(=O)(=O)c2cccs2)c2ccccc12. The van der Waals surface area contributed by atoms with Gasteiger partial charge in [0.15, 0.2) is 0 Å². The molecule has 0 aliphatic heterocycles. The number of carbonyl (C=O) groups is 2. The predicted octanol–water partition coefficient (Wildman–Crippen LogP) is 5.13. The third-order valence-corrected chi connectivity index (χ3v) is 7.55. The summed E-state index contributed by atoms with van der Waals surface area (Å²) >= 11 is 1.06. The zero-order valence-electron chi connectivity index (χ0n) is 16.8. The number of benzene rings is 2. The van der Waals surface area contributed by atoms with Gasteiger partial charge >= 0.3 is 5.97 Å². The van der Waals surface area contributed by atoms with Gasteiger partial charge < -0.3 is 4.74 Å². The molecule has 3 rings (SSSR count). The first-order valence-electron chi connectivity index (χ1n) is 9.74. The smallest absolute Gasteiger partial charge is 0.311 e. The summed E-state index contributed by atoms with van der Waals surface area (Å²) in [6.07, 6.45) is 1.54. The molecule has 0 aliphatic rings. The van der Waals surface area contributed by atoms with Crippen molar-refractivity contribution < 1.29 is 22.7 Å². The van der Waals surface area contributed by atoms with Gasteiger partial charge in [0, 0.05) is 23.6 Å². The van der Waals surface area contributed by atoms with E-state index in [2.05, 4.69) is 0 Å². The highest BCUT2D eigenvalue weighted by atomic mass is 32.2. The molecule has 0 spiro atoms. The fraction of sp³-hybridized carbons (Fsp3) is 0.273. The largest absolute Gasteiger partial charge is 0.426 e. The number of esters is 1. The van der Waals surface area contributed by atoms with Crippen LogP contribution < -0.4 is 9.04 Å². The first-order valence-corrected chi connectivity index (χ1v) is 12.1. The molecule has 0 unspecified atom stereocenters. The van der Waals surface area contributed by atoms with Crippen LogP contribution >= 0.6 is 11.3 Å². The van der Waals surface area contributed by atoms with Crippen LogP contribution in [0.15, 0.2) is 58.1 Å². The summed E-state index contributed by atoms with van der Waals surface area (Å²) in [6, 6.07) is 13.2. The van der Waals surface area contributed by atoms with E-state index in [9.17, 15) is 18.0 Å². The number of hydrogen-bond donors (Lipinski definition) is 0. The second-order valence-corrected chi connectivity index (χ2v) is 9.66. The van der Waals surface area contributed by atoms with Crippen LogP contribution in [0, 0.1) is 0 Å². The lowest BCUT2D eigenvalue weighted by molar-refractivity contribution is -0.134. The van der Waals surface area contributed by atoms with Crippen molar-refractivity contribution in [3.05, 3.63) is 53.9 Å². The van der Waals surface area contributed by atoms with Crippen molar-refractivity contribution in [2.75, 3.05) is 4.31 Å². The summed E-state index contributed by atoms with van der Waals surface area (Å²) in [5.41, 5.74) is 0.243. The minimum Gasteiger partial charge on any atom is -0.426 e. The standard InChI is InChI=1S/C22H23NO5S2/c1-3-8-20(24)23(30(26,27)22-12-7-15-29-22)18-13-14-19(28-21(25)9-4-2)17-11-6-5-10-16(17)18/h5-7,10-15H,3-4,8-9H2,1-2H3. The molecule has 0 fully saturated rings. The Bertz CT molecular complexity index is 1150. The third-order valence-electron chi connectivity index (χ3n) is 4.44. The minimum atomic E-state index is -4.07. The fourth-order valence-corrected chi connectivity index (χ4v) is 5.65. The van der Waals surface area contributed by atoms with E-state index in [-0.39, 0.29) is 28.7 Å². The average molecular weight is 446 g/mol. The Kier molecular flexibility index (Phi) is 6.89. The van der Waals surface area contributed by atoms with Crippen LogP contribution in [0.1, 0.15) is 39.5 Å². The Morgan fingerprint density at radius 2 is 1.63 bits per heavy atom. The van der Waals surface area contributed by atoms with E-state index in [0.29, 0.717) is 29.4 Å². The fourth-order valence-electron chi connectivity index (χ4n) is 3.11. The van der Waals surface area contributed by atoms with Crippen molar-refractivity contribution in [1.29, 1.82) is 0 Å². The van der Waals surface area contributed by atoms with Gasteiger partial charge in [-0.05, 0) is 36.4 Å². The number of hydrogen-bond acceptors (Lipinski definition) is 6. The number of ether oxygens (including phenoxy) is 1. The maximum atomic E-state index is 13.3. The van der Waals surface area contributed by atoms with Crippen LogP contribution in [-0.4, -0.2) is 20.3 Å². The first kappa shape index (κ1) is 22.0. The highest BCUT2D eigenvalue weighted by molar-refractivity contribution is 7.95. The molecule has 0 aliphatic carbocycles. The van der Waals surface area contributed by atoms with Crippen molar-refractivity contribution in [1.82, 2.24) is 0 Å².